The zero-order valence-corrected chi connectivity index (χ0v) is 30.0. The van der Waals surface area contributed by atoms with Gasteiger partial charge in [0.1, 0.15) is 0 Å². The van der Waals surface area contributed by atoms with Crippen LogP contribution in [0.1, 0.15) is 0 Å². The molecule has 0 unspecified atom stereocenters. The predicted octanol–water partition coefficient (Wildman–Crippen LogP) is 2.71. The molecule has 1 aliphatic heterocycles. The van der Waals surface area contributed by atoms with Crippen molar-refractivity contribution in [1.29, 1.82) is 0 Å². The van der Waals surface area contributed by atoms with E-state index in [2.05, 4.69) is 164 Å². The van der Waals surface area contributed by atoms with Crippen LogP contribution in [0.15, 0.2) is 85.9 Å². The lowest BCUT2D eigenvalue weighted by molar-refractivity contribution is 1.07. The second-order valence-electron chi connectivity index (χ2n) is 10.7. The number of nitrogens with one attached hydrogen (secondary N) is 7. The maximum Gasteiger partial charge on any atom is 0.212 e. The third kappa shape index (κ3) is 8.47. The Morgan fingerprint density at radius 2 is 0.371 bits per heavy atom. The molecule has 0 saturated carbocycles. The summed E-state index contributed by atoms with van der Waals surface area (Å²) in [6.45, 7) is 45.4. The standard InChI is InChI=1S/C21H49N7Si7/c1-15-29(8)22-30(9,16-2)24-32(11,18-4)26-34(13,20-6)28-35(14,21-7)27-33(12,19-5)25-31(10,17-3)23-29/h15-28H,1-7H2,8-14H3. The second-order valence-corrected chi connectivity index (χ2v) is 37.4. The molecule has 1 heterocycles. The van der Waals surface area contributed by atoms with Crippen molar-refractivity contribution in [3.05, 3.63) is 85.9 Å². The molecular weight excluding hydrogens is 547 g/mol. The number of hydrogen-bond acceptors (Lipinski definition) is 7. The third-order valence-electron chi connectivity index (χ3n) is 6.49. The molecule has 1 fully saturated rings. The van der Waals surface area contributed by atoms with E-state index < -0.39 is 58.8 Å². The monoisotopic (exact) mass is 595 g/mol. The average molecular weight is 596 g/mol. The van der Waals surface area contributed by atoms with Gasteiger partial charge in [0.25, 0.3) is 0 Å². The minimum atomic E-state index is -2.36. The van der Waals surface area contributed by atoms with Crippen molar-refractivity contribution in [3.8, 4) is 0 Å². The van der Waals surface area contributed by atoms with Gasteiger partial charge < -0.3 is 32.5 Å². The van der Waals surface area contributed by atoms with Gasteiger partial charge in [-0.2, -0.15) is 0 Å². The van der Waals surface area contributed by atoms with Gasteiger partial charge in [0.15, 0.2) is 0 Å². The Morgan fingerprint density at radius 3 is 0.429 bits per heavy atom. The first-order valence-corrected chi connectivity index (χ1v) is 29.9. The van der Waals surface area contributed by atoms with Crippen LogP contribution in [-0.4, -0.2) is 58.8 Å². The van der Waals surface area contributed by atoms with Crippen LogP contribution >= 0.6 is 0 Å². The highest BCUT2D eigenvalue weighted by Gasteiger charge is 2.49. The summed E-state index contributed by atoms with van der Waals surface area (Å²) in [5.74, 6) is 0. The molecule has 0 radical (unpaired) electrons. The molecule has 196 valence electrons. The lowest BCUT2D eigenvalue weighted by Gasteiger charge is -2.49. The van der Waals surface area contributed by atoms with Crippen molar-refractivity contribution in [2.45, 2.75) is 45.8 Å². The van der Waals surface area contributed by atoms with Crippen LogP contribution in [0.4, 0.5) is 0 Å². The molecule has 0 aromatic heterocycles. The quantitative estimate of drug-likeness (QED) is 0.228. The lowest BCUT2D eigenvalue weighted by atomic mass is 11.3. The molecule has 0 aliphatic carbocycles. The fourth-order valence-corrected chi connectivity index (χ4v) is 46.3. The van der Waals surface area contributed by atoms with E-state index in [0.717, 1.165) is 0 Å². The summed E-state index contributed by atoms with van der Waals surface area (Å²) in [5.41, 5.74) is 14.5. The van der Waals surface area contributed by atoms with Gasteiger partial charge in [-0.25, -0.2) is 0 Å². The zero-order chi connectivity index (χ0) is 27.4. The van der Waals surface area contributed by atoms with Gasteiger partial charge in [0.2, 0.25) is 58.8 Å². The summed E-state index contributed by atoms with van der Waals surface area (Å²) in [5, 5.41) is 0. The van der Waals surface area contributed by atoms with Gasteiger partial charge >= 0.3 is 0 Å². The van der Waals surface area contributed by atoms with Crippen LogP contribution < -0.4 is 32.5 Å². The number of rotatable bonds is 7. The van der Waals surface area contributed by atoms with Gasteiger partial charge in [0.05, 0.1) is 0 Å². The van der Waals surface area contributed by atoms with Gasteiger partial charge in [0, 0.05) is 0 Å². The molecule has 1 aliphatic rings. The Kier molecular flexibility index (Phi) is 10.6. The Labute approximate surface area is 222 Å². The molecule has 35 heavy (non-hydrogen) atoms. The van der Waals surface area contributed by atoms with Crippen LogP contribution in [0, 0.1) is 0 Å². The first-order chi connectivity index (χ1) is 15.9. The normalized spacial score (nSPS) is 45.8. The maximum absolute atomic E-state index is 4.23. The van der Waals surface area contributed by atoms with E-state index in [-0.39, 0.29) is 0 Å². The van der Waals surface area contributed by atoms with Crippen molar-refractivity contribution < 1.29 is 0 Å². The molecule has 0 spiro atoms. The van der Waals surface area contributed by atoms with Crippen LogP contribution in [0.5, 0.6) is 0 Å². The average Bonchev–Trinajstić information content (AvgIpc) is 2.77. The molecule has 0 aromatic carbocycles. The highest BCUT2D eigenvalue weighted by Crippen LogP contribution is 2.16. The maximum atomic E-state index is 4.23. The van der Waals surface area contributed by atoms with Crippen LogP contribution in [-0.2, 0) is 0 Å². The van der Waals surface area contributed by atoms with Crippen molar-refractivity contribution in [2.75, 3.05) is 0 Å². The summed E-state index contributed by atoms with van der Waals surface area (Å²) >= 11 is 0. The van der Waals surface area contributed by atoms with Crippen LogP contribution in [0.2, 0.25) is 45.8 Å². The largest absolute Gasteiger partial charge is 0.330 e. The Balaban J connectivity index is 3.86. The van der Waals surface area contributed by atoms with Crippen molar-refractivity contribution in [2.24, 2.45) is 0 Å². The van der Waals surface area contributed by atoms with Gasteiger partial charge in [-0.1, -0.05) is 39.9 Å². The Morgan fingerprint density at radius 1 is 0.286 bits per heavy atom. The summed E-state index contributed by atoms with van der Waals surface area (Å²) in [7, 11) is -16.5. The molecular formula is C21H49N7Si7. The van der Waals surface area contributed by atoms with Gasteiger partial charge in [-0.3, -0.25) is 0 Å². The van der Waals surface area contributed by atoms with E-state index in [1.807, 2.05) is 0 Å². The second kappa shape index (κ2) is 11.4. The molecule has 1 rings (SSSR count). The summed E-state index contributed by atoms with van der Waals surface area (Å²) in [6, 6.07) is 0. The minimum Gasteiger partial charge on any atom is -0.330 e. The van der Waals surface area contributed by atoms with Crippen molar-refractivity contribution in [3.63, 3.8) is 0 Å². The highest BCUT2D eigenvalue weighted by molar-refractivity contribution is 7.10. The van der Waals surface area contributed by atoms with Crippen molar-refractivity contribution >= 4 is 58.8 Å². The van der Waals surface area contributed by atoms with E-state index in [1.165, 1.54) is 0 Å². The van der Waals surface area contributed by atoms with Crippen LogP contribution in [0.25, 0.3) is 0 Å². The topological polar surface area (TPSA) is 84.2 Å². The molecule has 0 aromatic rings. The van der Waals surface area contributed by atoms with Gasteiger partial charge in [-0.05, 0) is 45.8 Å². The fraction of sp³-hybridized carbons (Fsp3) is 0.333. The fourth-order valence-electron chi connectivity index (χ4n) is 4.71. The SMILES string of the molecule is C=C[Si]1(C)N[Si](C)(C=C)N[Si](C)(C=C)N[Si](C)(C=C)N[Si](C)(C=C)N[Si](C)(C=C)N[Si](C)(C=C)N1. The summed E-state index contributed by atoms with van der Waals surface area (Å²) < 4.78 is 28.0. The van der Waals surface area contributed by atoms with E-state index >= 15 is 0 Å². The Hall–Kier alpha value is -0.582. The molecule has 14 heteroatoms. The first-order valence-electron chi connectivity index (χ1n) is 11.9. The summed E-state index contributed by atoms with van der Waals surface area (Å²) in [6.07, 6.45) is 0. The third-order valence-corrected chi connectivity index (χ3v) is 41.3. The van der Waals surface area contributed by atoms with E-state index in [4.69, 9.17) is 0 Å². The molecule has 7 nitrogen and oxygen atoms in total. The van der Waals surface area contributed by atoms with Crippen molar-refractivity contribution in [1.82, 2.24) is 32.5 Å². The predicted molar refractivity (Wildman–Crippen MR) is 175 cm³/mol. The zero-order valence-electron chi connectivity index (χ0n) is 23.0. The highest BCUT2D eigenvalue weighted by atomic mass is 28.5. The van der Waals surface area contributed by atoms with E-state index in [1.54, 1.807) is 0 Å². The Bertz CT molecular complexity index is 668. The molecule has 7 N–H and O–H groups in total. The molecule has 0 atom stereocenters. The lowest BCUT2D eigenvalue weighted by Crippen LogP contribution is -2.89. The van der Waals surface area contributed by atoms with Gasteiger partial charge in [-0.15, -0.1) is 46.1 Å². The molecule has 0 amide bonds. The molecule has 1 saturated heterocycles. The first kappa shape index (κ1) is 32.4. The minimum absolute atomic E-state index is 2.07. The van der Waals surface area contributed by atoms with E-state index in [0.29, 0.717) is 0 Å². The summed E-state index contributed by atoms with van der Waals surface area (Å²) in [4.78, 5) is 0. The number of hydrogen-bond donors (Lipinski definition) is 7. The smallest absolute Gasteiger partial charge is 0.212 e. The molecule has 0 bridgehead atoms. The van der Waals surface area contributed by atoms with E-state index in [9.17, 15) is 0 Å². The van der Waals surface area contributed by atoms with Crippen LogP contribution in [0.3, 0.4) is 0 Å².